The van der Waals surface area contributed by atoms with Crippen LogP contribution in [0.25, 0.3) is 11.0 Å². The highest BCUT2D eigenvalue weighted by Crippen LogP contribution is 2.42. The summed E-state index contributed by atoms with van der Waals surface area (Å²) in [5, 5.41) is -0.218. The molecule has 1 unspecified atom stereocenters. The number of hydrogen-bond acceptors (Lipinski definition) is 6. The van der Waals surface area contributed by atoms with E-state index in [9.17, 15) is 8.42 Å². The van der Waals surface area contributed by atoms with Crippen LogP contribution in [-0.4, -0.2) is 33.8 Å². The van der Waals surface area contributed by atoms with Crippen molar-refractivity contribution in [1.82, 2.24) is 13.1 Å². The third kappa shape index (κ3) is 2.78. The van der Waals surface area contributed by atoms with Gasteiger partial charge in [-0.3, -0.25) is 0 Å². The van der Waals surface area contributed by atoms with Gasteiger partial charge in [0.15, 0.2) is 0 Å². The van der Waals surface area contributed by atoms with Crippen molar-refractivity contribution in [2.45, 2.75) is 10.3 Å². The lowest BCUT2D eigenvalue weighted by Crippen LogP contribution is -2.30. The zero-order chi connectivity index (χ0) is 16.7. The van der Waals surface area contributed by atoms with Gasteiger partial charge >= 0.3 is 0 Å². The normalized spacial score (nSPS) is 19.1. The molecule has 1 aromatic heterocycles. The number of fused-ring (bicyclic) bond motifs is 1. The summed E-state index contributed by atoms with van der Waals surface area (Å²) in [5.74, 6) is 0.769. The standard InChI is InChI=1S/C15H12BrN3O2S3/c16-11-6-4-10(5-7-11)15-19(8-9-22-15)24(20,21)13-3-1-2-12-14(13)18-23-17-12/h1-7,15H,8-9H2. The van der Waals surface area contributed by atoms with Crippen LogP contribution in [0.3, 0.4) is 0 Å². The second-order valence-corrected chi connectivity index (χ2v) is 9.77. The maximum atomic E-state index is 13.2. The Balaban J connectivity index is 1.78. The predicted molar refractivity (Wildman–Crippen MR) is 101 cm³/mol. The van der Waals surface area contributed by atoms with Gasteiger partial charge < -0.3 is 0 Å². The highest BCUT2D eigenvalue weighted by Gasteiger charge is 2.38. The summed E-state index contributed by atoms with van der Waals surface area (Å²) in [7, 11) is -3.64. The molecule has 1 fully saturated rings. The van der Waals surface area contributed by atoms with E-state index in [-0.39, 0.29) is 10.3 Å². The predicted octanol–water partition coefficient (Wildman–Crippen LogP) is 3.89. The third-order valence-corrected chi connectivity index (χ3v) is 8.20. The second-order valence-electron chi connectivity index (χ2n) is 5.28. The van der Waals surface area contributed by atoms with Gasteiger partial charge in [0.25, 0.3) is 0 Å². The molecule has 0 amide bonds. The Morgan fingerprint density at radius 2 is 1.92 bits per heavy atom. The first-order valence-electron chi connectivity index (χ1n) is 7.17. The number of halogens is 1. The van der Waals surface area contributed by atoms with Crippen LogP contribution >= 0.6 is 39.4 Å². The molecule has 5 nitrogen and oxygen atoms in total. The highest BCUT2D eigenvalue weighted by molar-refractivity contribution is 9.10. The van der Waals surface area contributed by atoms with Crippen LogP contribution in [0, 0.1) is 0 Å². The van der Waals surface area contributed by atoms with Gasteiger partial charge in [-0.2, -0.15) is 13.1 Å². The number of benzene rings is 2. The molecule has 1 atom stereocenters. The molecule has 1 aliphatic heterocycles. The minimum atomic E-state index is -3.64. The third-order valence-electron chi connectivity index (χ3n) is 3.84. The van der Waals surface area contributed by atoms with Crippen molar-refractivity contribution < 1.29 is 8.42 Å². The van der Waals surface area contributed by atoms with E-state index in [0.717, 1.165) is 27.5 Å². The summed E-state index contributed by atoms with van der Waals surface area (Å²) < 4.78 is 37.3. The Kier molecular flexibility index (Phi) is 4.38. The minimum Gasteiger partial charge on any atom is -0.207 e. The van der Waals surface area contributed by atoms with Crippen molar-refractivity contribution in [2.24, 2.45) is 0 Å². The van der Waals surface area contributed by atoms with Gasteiger partial charge in [-0.05, 0) is 29.8 Å². The average Bonchev–Trinajstić information content (AvgIpc) is 3.24. The Morgan fingerprint density at radius 3 is 2.71 bits per heavy atom. The molecule has 9 heteroatoms. The van der Waals surface area contributed by atoms with Crippen LogP contribution in [0.4, 0.5) is 0 Å². The van der Waals surface area contributed by atoms with E-state index in [2.05, 4.69) is 24.7 Å². The van der Waals surface area contributed by atoms with Crippen LogP contribution in [0.15, 0.2) is 51.8 Å². The van der Waals surface area contributed by atoms with E-state index < -0.39 is 10.0 Å². The Hall–Kier alpha value is -1.00. The first-order chi connectivity index (χ1) is 11.6. The van der Waals surface area contributed by atoms with Crippen LogP contribution in [0.1, 0.15) is 10.9 Å². The molecule has 0 spiro atoms. The van der Waals surface area contributed by atoms with E-state index in [4.69, 9.17) is 0 Å². The topological polar surface area (TPSA) is 63.2 Å². The molecule has 0 bridgehead atoms. The monoisotopic (exact) mass is 441 g/mol. The number of aromatic nitrogens is 2. The van der Waals surface area contributed by atoms with E-state index in [1.807, 2.05) is 24.3 Å². The number of thioether (sulfide) groups is 1. The highest BCUT2D eigenvalue weighted by atomic mass is 79.9. The molecule has 0 aliphatic carbocycles. The van der Waals surface area contributed by atoms with E-state index >= 15 is 0 Å². The maximum absolute atomic E-state index is 13.2. The van der Waals surface area contributed by atoms with Crippen LogP contribution < -0.4 is 0 Å². The summed E-state index contributed by atoms with van der Waals surface area (Å²) in [6.45, 7) is 0.488. The van der Waals surface area contributed by atoms with Crippen LogP contribution in [0.2, 0.25) is 0 Å². The summed E-state index contributed by atoms with van der Waals surface area (Å²) in [6, 6.07) is 12.9. The van der Waals surface area contributed by atoms with E-state index in [1.165, 1.54) is 0 Å². The Labute approximate surface area is 156 Å². The van der Waals surface area contributed by atoms with Crippen LogP contribution in [-0.2, 0) is 10.0 Å². The van der Waals surface area contributed by atoms with Crippen molar-refractivity contribution in [3.05, 3.63) is 52.5 Å². The van der Waals surface area contributed by atoms with Crippen molar-refractivity contribution >= 4 is 60.5 Å². The molecule has 2 aromatic carbocycles. The number of hydrogen-bond donors (Lipinski definition) is 0. The fraction of sp³-hybridized carbons (Fsp3) is 0.200. The quantitative estimate of drug-likeness (QED) is 0.616. The number of sulfonamides is 1. The van der Waals surface area contributed by atoms with Gasteiger partial charge in [0, 0.05) is 16.8 Å². The van der Waals surface area contributed by atoms with Crippen molar-refractivity contribution in [2.75, 3.05) is 12.3 Å². The Morgan fingerprint density at radius 1 is 1.12 bits per heavy atom. The smallest absolute Gasteiger partial charge is 0.207 e. The molecule has 1 saturated heterocycles. The average molecular weight is 442 g/mol. The fourth-order valence-electron chi connectivity index (χ4n) is 2.71. The lowest BCUT2D eigenvalue weighted by Gasteiger charge is -2.23. The first-order valence-corrected chi connectivity index (χ1v) is 11.2. The maximum Gasteiger partial charge on any atom is 0.246 e. The molecule has 124 valence electrons. The molecule has 0 N–H and O–H groups in total. The van der Waals surface area contributed by atoms with Gasteiger partial charge in [0.05, 0.1) is 17.1 Å². The molecular formula is C15H12BrN3O2S3. The Bertz CT molecular complexity index is 989. The summed E-state index contributed by atoms with van der Waals surface area (Å²) in [5.41, 5.74) is 2.05. The lowest BCUT2D eigenvalue weighted by atomic mass is 10.2. The summed E-state index contributed by atoms with van der Waals surface area (Å²) >= 11 is 6.08. The van der Waals surface area contributed by atoms with Crippen molar-refractivity contribution in [3.8, 4) is 0 Å². The van der Waals surface area contributed by atoms with Crippen LogP contribution in [0.5, 0.6) is 0 Å². The van der Waals surface area contributed by atoms with Crippen molar-refractivity contribution in [3.63, 3.8) is 0 Å². The van der Waals surface area contributed by atoms with Gasteiger partial charge in [-0.25, -0.2) is 8.42 Å². The molecule has 3 aromatic rings. The number of nitrogens with zero attached hydrogens (tertiary/aromatic N) is 3. The molecule has 4 rings (SSSR count). The summed E-state index contributed by atoms with van der Waals surface area (Å²) in [4.78, 5) is 0.235. The van der Waals surface area contributed by atoms with Gasteiger partial charge in [0.2, 0.25) is 10.0 Å². The largest absolute Gasteiger partial charge is 0.246 e. The molecular weight excluding hydrogens is 430 g/mol. The van der Waals surface area contributed by atoms with Crippen molar-refractivity contribution in [1.29, 1.82) is 0 Å². The first kappa shape index (κ1) is 16.5. The molecule has 0 saturated carbocycles. The summed E-state index contributed by atoms with van der Waals surface area (Å²) in [6.07, 6.45) is 0. The SMILES string of the molecule is O=S(=O)(c1cccc2nsnc12)N1CCSC1c1ccc(Br)cc1. The number of rotatable bonds is 3. The molecule has 0 radical (unpaired) electrons. The fourth-order valence-corrected chi connectivity index (χ4v) is 6.97. The zero-order valence-electron chi connectivity index (χ0n) is 12.3. The van der Waals surface area contributed by atoms with Gasteiger partial charge in [-0.1, -0.05) is 34.1 Å². The molecule has 1 aliphatic rings. The molecule has 24 heavy (non-hydrogen) atoms. The van der Waals surface area contributed by atoms with Gasteiger partial charge in [-0.15, -0.1) is 11.8 Å². The zero-order valence-corrected chi connectivity index (χ0v) is 16.3. The van der Waals surface area contributed by atoms with E-state index in [1.54, 1.807) is 34.3 Å². The lowest BCUT2D eigenvalue weighted by molar-refractivity contribution is 0.435. The molecule has 2 heterocycles. The minimum absolute atomic E-state index is 0.218. The second kappa shape index (κ2) is 6.38. The van der Waals surface area contributed by atoms with Gasteiger partial charge in [0.1, 0.15) is 15.9 Å². The van der Waals surface area contributed by atoms with E-state index in [0.29, 0.717) is 17.6 Å².